The van der Waals surface area contributed by atoms with Crippen LogP contribution in [0.3, 0.4) is 0 Å². The number of carbonyl (C=O) groups excluding carboxylic acids is 2. The zero-order valence-electron chi connectivity index (χ0n) is 14.4. The summed E-state index contributed by atoms with van der Waals surface area (Å²) in [5.41, 5.74) is 1.60. The van der Waals surface area contributed by atoms with E-state index in [1.54, 1.807) is 12.1 Å². The van der Waals surface area contributed by atoms with Crippen molar-refractivity contribution in [3.8, 4) is 0 Å². The Morgan fingerprint density at radius 2 is 1.92 bits per heavy atom. The molecule has 6 nitrogen and oxygen atoms in total. The van der Waals surface area contributed by atoms with E-state index in [2.05, 4.69) is 10.2 Å². The Morgan fingerprint density at radius 3 is 2.54 bits per heavy atom. The predicted octanol–water partition coefficient (Wildman–Crippen LogP) is 1.59. The summed E-state index contributed by atoms with van der Waals surface area (Å²) in [7, 11) is 0. The van der Waals surface area contributed by atoms with Crippen LogP contribution in [0.4, 0.5) is 0 Å². The first-order valence-electron chi connectivity index (χ1n) is 8.44. The predicted molar refractivity (Wildman–Crippen MR) is 90.7 cm³/mol. The van der Waals surface area contributed by atoms with Crippen LogP contribution in [0.5, 0.6) is 0 Å². The van der Waals surface area contributed by atoms with Gasteiger partial charge in [0.2, 0.25) is 0 Å². The first-order valence-corrected chi connectivity index (χ1v) is 8.44. The molecule has 1 atom stereocenters. The molecular formula is C18H26N2O4. The van der Waals surface area contributed by atoms with Crippen LogP contribution in [0.15, 0.2) is 24.3 Å². The highest BCUT2D eigenvalue weighted by atomic mass is 16.5. The molecule has 2 rings (SSSR count). The van der Waals surface area contributed by atoms with E-state index < -0.39 is 5.97 Å². The molecular weight excluding hydrogens is 308 g/mol. The Hall–Kier alpha value is -1.92. The van der Waals surface area contributed by atoms with Crippen LogP contribution in [0.25, 0.3) is 0 Å². The number of ether oxygens (including phenoxy) is 2. The van der Waals surface area contributed by atoms with Gasteiger partial charge < -0.3 is 14.8 Å². The van der Waals surface area contributed by atoms with E-state index >= 15 is 0 Å². The molecule has 0 aliphatic carbocycles. The highest BCUT2D eigenvalue weighted by Gasteiger charge is 2.13. The van der Waals surface area contributed by atoms with Crippen LogP contribution in [0.2, 0.25) is 0 Å². The van der Waals surface area contributed by atoms with Crippen LogP contribution in [-0.2, 0) is 20.8 Å². The molecule has 0 unspecified atom stereocenters. The van der Waals surface area contributed by atoms with Gasteiger partial charge in [-0.05, 0) is 31.0 Å². The summed E-state index contributed by atoms with van der Waals surface area (Å²) < 4.78 is 10.4. The summed E-state index contributed by atoms with van der Waals surface area (Å²) in [5.74, 6) is -0.756. The van der Waals surface area contributed by atoms with E-state index in [9.17, 15) is 9.59 Å². The Bertz CT molecular complexity index is 538. The highest BCUT2D eigenvalue weighted by molar-refractivity contribution is 5.91. The van der Waals surface area contributed by atoms with Crippen molar-refractivity contribution in [2.75, 3.05) is 32.9 Å². The number of nitrogens with zero attached hydrogens (tertiary/aromatic N) is 1. The minimum absolute atomic E-state index is 0.0793. The molecule has 0 radical (unpaired) electrons. The number of hydrogen-bond acceptors (Lipinski definition) is 5. The number of amides is 1. The zero-order valence-corrected chi connectivity index (χ0v) is 14.4. The summed E-state index contributed by atoms with van der Waals surface area (Å²) in [6.45, 7) is 7.87. The maximum Gasteiger partial charge on any atom is 0.338 e. The molecule has 132 valence electrons. The summed E-state index contributed by atoms with van der Waals surface area (Å²) in [6, 6.07) is 7.40. The smallest absolute Gasteiger partial charge is 0.338 e. The Balaban J connectivity index is 1.79. The second-order valence-corrected chi connectivity index (χ2v) is 6.04. The topological polar surface area (TPSA) is 67.9 Å². The monoisotopic (exact) mass is 334 g/mol. The molecule has 0 bridgehead atoms. The van der Waals surface area contributed by atoms with E-state index in [0.29, 0.717) is 5.56 Å². The number of morpholine rings is 1. The zero-order chi connectivity index (χ0) is 17.4. The number of esters is 1. The third kappa shape index (κ3) is 5.94. The second-order valence-electron chi connectivity index (χ2n) is 6.04. The Kier molecular flexibility index (Phi) is 7.21. The normalized spacial score (nSPS) is 16.4. The molecule has 0 saturated carbocycles. The fourth-order valence-electron chi connectivity index (χ4n) is 2.40. The lowest BCUT2D eigenvalue weighted by Crippen LogP contribution is -2.35. The molecule has 1 heterocycles. The first kappa shape index (κ1) is 18.4. The van der Waals surface area contributed by atoms with Crippen molar-refractivity contribution < 1.29 is 19.1 Å². The molecule has 1 aromatic carbocycles. The molecule has 1 aliphatic heterocycles. The minimum atomic E-state index is -0.479. The van der Waals surface area contributed by atoms with Crippen LogP contribution in [0.1, 0.15) is 36.2 Å². The molecule has 1 N–H and O–H groups in total. The van der Waals surface area contributed by atoms with Crippen LogP contribution >= 0.6 is 0 Å². The summed E-state index contributed by atoms with van der Waals surface area (Å²) in [6.07, 6.45) is 0.838. The van der Waals surface area contributed by atoms with E-state index in [1.807, 2.05) is 26.0 Å². The van der Waals surface area contributed by atoms with E-state index in [1.165, 1.54) is 0 Å². The molecule has 0 aromatic heterocycles. The summed E-state index contributed by atoms with van der Waals surface area (Å²) in [5, 5.41) is 2.76. The maximum atomic E-state index is 12.0. The van der Waals surface area contributed by atoms with Crippen molar-refractivity contribution in [1.29, 1.82) is 0 Å². The van der Waals surface area contributed by atoms with Crippen molar-refractivity contribution in [3.63, 3.8) is 0 Å². The number of carbonyl (C=O) groups is 2. The van der Waals surface area contributed by atoms with Gasteiger partial charge in [0.1, 0.15) is 0 Å². The molecule has 1 amide bonds. The largest absolute Gasteiger partial charge is 0.452 e. The van der Waals surface area contributed by atoms with Crippen molar-refractivity contribution in [1.82, 2.24) is 10.2 Å². The molecule has 24 heavy (non-hydrogen) atoms. The number of hydrogen-bond donors (Lipinski definition) is 1. The van der Waals surface area contributed by atoms with E-state index in [0.717, 1.165) is 44.8 Å². The first-order chi connectivity index (χ1) is 11.6. The van der Waals surface area contributed by atoms with Gasteiger partial charge in [-0.2, -0.15) is 0 Å². The maximum absolute atomic E-state index is 12.0. The summed E-state index contributed by atoms with van der Waals surface area (Å²) in [4.78, 5) is 25.9. The standard InChI is InChI=1S/C18H26N2O4/c1-3-14(2)19-17(21)13-24-18(22)16-6-4-15(5-7-16)12-20-8-10-23-11-9-20/h4-7,14H,3,8-13H2,1-2H3,(H,19,21)/t14-/m1/s1. The fourth-order valence-corrected chi connectivity index (χ4v) is 2.40. The van der Waals surface area contributed by atoms with E-state index in [-0.39, 0.29) is 18.6 Å². The highest BCUT2D eigenvalue weighted by Crippen LogP contribution is 2.10. The summed E-state index contributed by atoms with van der Waals surface area (Å²) >= 11 is 0. The third-order valence-corrected chi connectivity index (χ3v) is 4.05. The SMILES string of the molecule is CC[C@@H](C)NC(=O)COC(=O)c1ccc(CN2CCOCC2)cc1. The lowest BCUT2D eigenvalue weighted by Gasteiger charge is -2.26. The Labute approximate surface area is 143 Å². The number of rotatable bonds is 7. The molecule has 1 aliphatic rings. The van der Waals surface area contributed by atoms with Gasteiger partial charge in [0, 0.05) is 25.7 Å². The molecule has 6 heteroatoms. The van der Waals surface area contributed by atoms with Gasteiger partial charge in [0.05, 0.1) is 18.8 Å². The van der Waals surface area contributed by atoms with Gasteiger partial charge >= 0.3 is 5.97 Å². The fraction of sp³-hybridized carbons (Fsp3) is 0.556. The van der Waals surface area contributed by atoms with Crippen molar-refractivity contribution in [2.45, 2.75) is 32.9 Å². The van der Waals surface area contributed by atoms with Gasteiger partial charge in [-0.25, -0.2) is 4.79 Å². The lowest BCUT2D eigenvalue weighted by molar-refractivity contribution is -0.124. The van der Waals surface area contributed by atoms with Crippen molar-refractivity contribution >= 4 is 11.9 Å². The molecule has 1 fully saturated rings. The molecule has 0 spiro atoms. The van der Waals surface area contributed by atoms with Gasteiger partial charge in [-0.15, -0.1) is 0 Å². The molecule has 1 saturated heterocycles. The molecule has 1 aromatic rings. The average Bonchev–Trinajstić information content (AvgIpc) is 2.61. The van der Waals surface area contributed by atoms with Crippen molar-refractivity contribution in [3.05, 3.63) is 35.4 Å². The quantitative estimate of drug-likeness (QED) is 0.767. The third-order valence-electron chi connectivity index (χ3n) is 4.05. The number of benzene rings is 1. The lowest BCUT2D eigenvalue weighted by atomic mass is 10.1. The van der Waals surface area contributed by atoms with Crippen molar-refractivity contribution in [2.24, 2.45) is 0 Å². The average molecular weight is 334 g/mol. The van der Waals surface area contributed by atoms with Gasteiger partial charge in [-0.1, -0.05) is 19.1 Å². The number of nitrogens with one attached hydrogen (secondary N) is 1. The second kappa shape index (κ2) is 9.39. The van der Waals surface area contributed by atoms with Crippen LogP contribution < -0.4 is 5.32 Å². The van der Waals surface area contributed by atoms with E-state index in [4.69, 9.17) is 9.47 Å². The van der Waals surface area contributed by atoms with Gasteiger partial charge in [0.15, 0.2) is 6.61 Å². The minimum Gasteiger partial charge on any atom is -0.452 e. The van der Waals surface area contributed by atoms with Crippen LogP contribution in [-0.4, -0.2) is 55.7 Å². The van der Waals surface area contributed by atoms with Gasteiger partial charge in [-0.3, -0.25) is 9.69 Å². The Morgan fingerprint density at radius 1 is 1.25 bits per heavy atom. The van der Waals surface area contributed by atoms with Gasteiger partial charge in [0.25, 0.3) is 5.91 Å². The van der Waals surface area contributed by atoms with Crippen LogP contribution in [0, 0.1) is 0 Å².